The molecule has 0 fully saturated rings. The van der Waals surface area contributed by atoms with E-state index in [1.807, 2.05) is 68.4 Å². The molecule has 0 aliphatic heterocycles. The number of rotatable bonds is 8. The Balaban J connectivity index is 1.87. The van der Waals surface area contributed by atoms with Crippen LogP contribution in [0.3, 0.4) is 0 Å². The lowest BCUT2D eigenvalue weighted by molar-refractivity contribution is 0.501. The molecule has 2 rings (SSSR count). The molecule has 0 radical (unpaired) electrons. The third-order valence-electron chi connectivity index (χ3n) is 4.12. The first-order chi connectivity index (χ1) is 11.3. The largest absolute Gasteiger partial charge is 0.399 e. The number of sulfonamides is 1. The van der Waals surface area contributed by atoms with Crippen LogP contribution in [0.15, 0.2) is 54.6 Å². The summed E-state index contributed by atoms with van der Waals surface area (Å²) in [5.74, 6) is 0.134. The second kappa shape index (κ2) is 7.81. The van der Waals surface area contributed by atoms with Gasteiger partial charge in [0.2, 0.25) is 10.0 Å². The maximum atomic E-state index is 12.2. The summed E-state index contributed by atoms with van der Waals surface area (Å²) in [6.45, 7) is 4.37. The van der Waals surface area contributed by atoms with Crippen LogP contribution in [0.25, 0.3) is 0 Å². The molecule has 0 aliphatic carbocycles. The van der Waals surface area contributed by atoms with Gasteiger partial charge in [-0.25, -0.2) is 13.1 Å². The molecule has 0 atom stereocenters. The van der Waals surface area contributed by atoms with Crippen molar-refractivity contribution in [2.24, 2.45) is 0 Å². The smallest absolute Gasteiger partial charge is 0.211 e. The molecule has 0 saturated heterocycles. The highest BCUT2D eigenvalue weighted by molar-refractivity contribution is 7.89. The summed E-state index contributed by atoms with van der Waals surface area (Å²) in [5, 5.41) is 0. The van der Waals surface area contributed by atoms with E-state index in [0.29, 0.717) is 18.7 Å². The second-order valence-electron chi connectivity index (χ2n) is 6.74. The minimum Gasteiger partial charge on any atom is -0.399 e. The summed E-state index contributed by atoms with van der Waals surface area (Å²) >= 11 is 0. The van der Waals surface area contributed by atoms with Crippen LogP contribution in [0.2, 0.25) is 0 Å². The van der Waals surface area contributed by atoms with Gasteiger partial charge in [0.1, 0.15) is 0 Å². The summed E-state index contributed by atoms with van der Waals surface area (Å²) in [4.78, 5) is 0. The van der Waals surface area contributed by atoms with Crippen molar-refractivity contribution in [1.82, 2.24) is 4.72 Å². The zero-order chi connectivity index (χ0) is 17.6. The Hall–Kier alpha value is -1.85. The number of anilines is 1. The fraction of sp³-hybridized carbons (Fsp3) is 0.368. The van der Waals surface area contributed by atoms with E-state index in [-0.39, 0.29) is 11.2 Å². The van der Waals surface area contributed by atoms with Crippen LogP contribution >= 0.6 is 0 Å². The predicted molar refractivity (Wildman–Crippen MR) is 100 cm³/mol. The van der Waals surface area contributed by atoms with Crippen LogP contribution in [0.1, 0.15) is 31.4 Å². The van der Waals surface area contributed by atoms with E-state index in [0.717, 1.165) is 17.5 Å². The van der Waals surface area contributed by atoms with Gasteiger partial charge in [-0.15, -0.1) is 0 Å². The van der Waals surface area contributed by atoms with Crippen molar-refractivity contribution in [3.05, 3.63) is 65.7 Å². The lowest BCUT2D eigenvalue weighted by Gasteiger charge is -2.26. The maximum absolute atomic E-state index is 12.2. The van der Waals surface area contributed by atoms with Crippen molar-refractivity contribution in [2.75, 3.05) is 18.0 Å². The van der Waals surface area contributed by atoms with Gasteiger partial charge in [-0.2, -0.15) is 0 Å². The Bertz CT molecular complexity index is 756. The molecule has 0 aliphatic rings. The maximum Gasteiger partial charge on any atom is 0.211 e. The topological polar surface area (TPSA) is 72.2 Å². The van der Waals surface area contributed by atoms with Gasteiger partial charge in [0, 0.05) is 17.6 Å². The quantitative estimate of drug-likeness (QED) is 0.722. The number of nitrogen functional groups attached to an aromatic ring is 1. The van der Waals surface area contributed by atoms with Gasteiger partial charge in [-0.3, -0.25) is 0 Å². The number of nitrogens with one attached hydrogen (secondary N) is 1. The van der Waals surface area contributed by atoms with Crippen molar-refractivity contribution < 1.29 is 8.42 Å². The predicted octanol–water partition coefficient (Wildman–Crippen LogP) is 3.10. The minimum atomic E-state index is -3.28. The summed E-state index contributed by atoms with van der Waals surface area (Å²) in [6.07, 6.45) is 1.37. The number of nitrogens with two attached hydrogens (primary N) is 1. The van der Waals surface area contributed by atoms with Crippen LogP contribution < -0.4 is 10.5 Å². The molecule has 3 N–H and O–H groups in total. The van der Waals surface area contributed by atoms with E-state index >= 15 is 0 Å². The highest BCUT2D eigenvalue weighted by atomic mass is 32.2. The van der Waals surface area contributed by atoms with Gasteiger partial charge in [0.15, 0.2) is 0 Å². The molecule has 2 aromatic rings. The number of hydrogen-bond donors (Lipinski definition) is 2. The molecule has 0 amide bonds. The van der Waals surface area contributed by atoms with E-state index in [2.05, 4.69) is 4.72 Å². The van der Waals surface area contributed by atoms with Gasteiger partial charge in [0.05, 0.1) is 5.75 Å². The molecule has 0 heterocycles. The SMILES string of the molecule is CC(C)(CNS(=O)(=O)CCCc1ccccc1)c1cccc(N)c1. The number of benzene rings is 2. The summed E-state index contributed by atoms with van der Waals surface area (Å²) in [7, 11) is -3.28. The van der Waals surface area contributed by atoms with E-state index in [9.17, 15) is 8.42 Å². The second-order valence-corrected chi connectivity index (χ2v) is 8.66. The van der Waals surface area contributed by atoms with Crippen LogP contribution in [0, 0.1) is 0 Å². The zero-order valence-corrected chi connectivity index (χ0v) is 15.1. The highest BCUT2D eigenvalue weighted by Gasteiger charge is 2.23. The molecule has 0 saturated carbocycles. The normalized spacial score (nSPS) is 12.2. The standard InChI is InChI=1S/C19H26N2O2S/c1-19(2,17-11-6-12-18(20)14-17)15-21-24(22,23)13-7-10-16-8-4-3-5-9-16/h3-6,8-9,11-12,14,21H,7,10,13,15,20H2,1-2H3. The van der Waals surface area contributed by atoms with Gasteiger partial charge >= 0.3 is 0 Å². The van der Waals surface area contributed by atoms with Crippen molar-refractivity contribution in [1.29, 1.82) is 0 Å². The Morgan fingerprint density at radius 3 is 2.42 bits per heavy atom. The first kappa shape index (κ1) is 18.5. The van der Waals surface area contributed by atoms with Crippen LogP contribution in [0.5, 0.6) is 0 Å². The first-order valence-corrected chi connectivity index (χ1v) is 9.81. The van der Waals surface area contributed by atoms with Gasteiger partial charge < -0.3 is 5.73 Å². The Kier molecular flexibility index (Phi) is 6.02. The zero-order valence-electron chi connectivity index (χ0n) is 14.3. The molecule has 0 aromatic heterocycles. The third-order valence-corrected chi connectivity index (χ3v) is 5.53. The molecule has 5 heteroatoms. The van der Waals surface area contributed by atoms with Crippen LogP contribution in [-0.2, 0) is 21.9 Å². The average molecular weight is 346 g/mol. The van der Waals surface area contributed by atoms with Crippen LogP contribution in [0.4, 0.5) is 5.69 Å². The van der Waals surface area contributed by atoms with Gasteiger partial charge in [-0.05, 0) is 36.1 Å². The monoisotopic (exact) mass is 346 g/mol. The Labute approximate surface area is 145 Å². The van der Waals surface area contributed by atoms with Crippen LogP contribution in [-0.4, -0.2) is 20.7 Å². The number of aryl methyl sites for hydroxylation is 1. The molecule has 4 nitrogen and oxygen atoms in total. The minimum absolute atomic E-state index is 0.134. The lowest BCUT2D eigenvalue weighted by atomic mass is 9.85. The first-order valence-electron chi connectivity index (χ1n) is 8.16. The number of hydrogen-bond acceptors (Lipinski definition) is 3. The van der Waals surface area contributed by atoms with Crippen molar-refractivity contribution in [3.8, 4) is 0 Å². The van der Waals surface area contributed by atoms with Gasteiger partial charge in [0.25, 0.3) is 0 Å². The summed E-state index contributed by atoms with van der Waals surface area (Å²) in [6, 6.07) is 17.5. The fourth-order valence-electron chi connectivity index (χ4n) is 2.54. The van der Waals surface area contributed by atoms with Gasteiger partial charge in [-0.1, -0.05) is 56.3 Å². The fourth-order valence-corrected chi connectivity index (χ4v) is 3.78. The van der Waals surface area contributed by atoms with Crippen molar-refractivity contribution in [3.63, 3.8) is 0 Å². The molecule has 0 unspecified atom stereocenters. The van der Waals surface area contributed by atoms with E-state index in [1.54, 1.807) is 0 Å². The lowest BCUT2D eigenvalue weighted by Crippen LogP contribution is -2.37. The molecule has 2 aromatic carbocycles. The molecule has 130 valence electrons. The Morgan fingerprint density at radius 1 is 1.04 bits per heavy atom. The van der Waals surface area contributed by atoms with Crippen molar-refractivity contribution in [2.45, 2.75) is 32.1 Å². The molecule has 0 spiro atoms. The summed E-state index contributed by atoms with van der Waals surface area (Å²) < 4.78 is 27.2. The molecular weight excluding hydrogens is 320 g/mol. The highest BCUT2D eigenvalue weighted by Crippen LogP contribution is 2.24. The van der Waals surface area contributed by atoms with Crippen molar-refractivity contribution >= 4 is 15.7 Å². The molecule has 24 heavy (non-hydrogen) atoms. The molecule has 0 bridgehead atoms. The third kappa shape index (κ3) is 5.65. The Morgan fingerprint density at radius 2 is 1.75 bits per heavy atom. The average Bonchev–Trinajstić information content (AvgIpc) is 2.54. The summed E-state index contributed by atoms with van der Waals surface area (Å²) in [5.41, 5.74) is 8.37. The van der Waals surface area contributed by atoms with E-state index in [1.165, 1.54) is 0 Å². The van der Waals surface area contributed by atoms with E-state index < -0.39 is 10.0 Å². The van der Waals surface area contributed by atoms with E-state index in [4.69, 9.17) is 5.73 Å². The molecular formula is C19H26N2O2S.